The van der Waals surface area contributed by atoms with Gasteiger partial charge in [0.05, 0.1) is 24.2 Å². The number of rotatable bonds is 8. The molecule has 2 atom stereocenters. The Morgan fingerprint density at radius 3 is 2.52 bits per heavy atom. The monoisotopic (exact) mass is 422 g/mol. The average molecular weight is 423 g/mol. The van der Waals surface area contributed by atoms with Crippen LogP contribution in [-0.2, 0) is 4.79 Å². The summed E-state index contributed by atoms with van der Waals surface area (Å²) in [6.45, 7) is 7.79. The largest absolute Gasteiger partial charge is 0.497 e. The van der Waals surface area contributed by atoms with Crippen molar-refractivity contribution in [1.82, 2.24) is 20.6 Å². The van der Waals surface area contributed by atoms with Gasteiger partial charge in [-0.25, -0.2) is 4.98 Å². The topological polar surface area (TPSA) is 96.1 Å². The summed E-state index contributed by atoms with van der Waals surface area (Å²) in [4.78, 5) is 33.6. The number of fused-ring (bicyclic) bond motifs is 1. The predicted molar refractivity (Wildman–Crippen MR) is 121 cm³/mol. The fraction of sp³-hybridized carbons (Fsp3) is 0.375. The van der Waals surface area contributed by atoms with E-state index in [2.05, 4.69) is 20.6 Å². The Morgan fingerprint density at radius 2 is 1.84 bits per heavy atom. The third kappa shape index (κ3) is 5.42. The van der Waals surface area contributed by atoms with Crippen LogP contribution in [0.25, 0.3) is 11.0 Å². The number of imidazole rings is 1. The predicted octanol–water partition coefficient (Wildman–Crippen LogP) is 3.90. The summed E-state index contributed by atoms with van der Waals surface area (Å²) >= 11 is 0. The number of ether oxygens (including phenoxy) is 1. The molecule has 0 aliphatic heterocycles. The van der Waals surface area contributed by atoms with E-state index in [4.69, 9.17) is 4.74 Å². The van der Waals surface area contributed by atoms with Crippen molar-refractivity contribution in [2.45, 2.75) is 46.2 Å². The van der Waals surface area contributed by atoms with Crippen molar-refractivity contribution in [3.63, 3.8) is 0 Å². The van der Waals surface area contributed by atoms with Crippen LogP contribution in [0, 0.1) is 12.8 Å². The highest BCUT2D eigenvalue weighted by atomic mass is 16.5. The summed E-state index contributed by atoms with van der Waals surface area (Å²) in [6.07, 6.45) is 0.535. The van der Waals surface area contributed by atoms with E-state index in [-0.39, 0.29) is 23.8 Å². The minimum Gasteiger partial charge on any atom is -0.497 e. The third-order valence-electron chi connectivity index (χ3n) is 5.19. The molecule has 2 aromatic carbocycles. The summed E-state index contributed by atoms with van der Waals surface area (Å²) in [7, 11) is 1.61. The van der Waals surface area contributed by atoms with Crippen molar-refractivity contribution in [2.24, 2.45) is 5.92 Å². The first kappa shape index (κ1) is 22.3. The van der Waals surface area contributed by atoms with Gasteiger partial charge < -0.3 is 20.4 Å². The lowest BCUT2D eigenvalue weighted by atomic mass is 10.0. The maximum atomic E-state index is 13.0. The SMILES string of the molecule is COc1ccc2nc([C@H](C)NC(=O)[C@H](CC(C)C)NC(=O)c3ccccc3C)[nH]c2c1. The van der Waals surface area contributed by atoms with Gasteiger partial charge in [-0.2, -0.15) is 0 Å². The van der Waals surface area contributed by atoms with Crippen molar-refractivity contribution in [1.29, 1.82) is 0 Å². The lowest BCUT2D eigenvalue weighted by Crippen LogP contribution is -2.48. The van der Waals surface area contributed by atoms with Gasteiger partial charge in [0.15, 0.2) is 0 Å². The molecule has 3 rings (SSSR count). The molecule has 0 fully saturated rings. The quantitative estimate of drug-likeness (QED) is 0.513. The third-order valence-corrected chi connectivity index (χ3v) is 5.19. The molecule has 2 amide bonds. The number of hydrogen-bond acceptors (Lipinski definition) is 4. The molecule has 0 radical (unpaired) electrons. The van der Waals surface area contributed by atoms with Gasteiger partial charge in [0, 0.05) is 11.6 Å². The molecule has 31 heavy (non-hydrogen) atoms. The molecule has 3 N–H and O–H groups in total. The number of amides is 2. The highest BCUT2D eigenvalue weighted by Gasteiger charge is 2.25. The first-order valence-electron chi connectivity index (χ1n) is 10.5. The highest BCUT2D eigenvalue weighted by Crippen LogP contribution is 2.21. The number of aromatic amines is 1. The number of nitrogens with zero attached hydrogens (tertiary/aromatic N) is 1. The number of H-pyrrole nitrogens is 1. The molecular weight excluding hydrogens is 392 g/mol. The van der Waals surface area contributed by atoms with E-state index in [1.54, 1.807) is 13.2 Å². The lowest BCUT2D eigenvalue weighted by Gasteiger charge is -2.22. The van der Waals surface area contributed by atoms with Crippen LogP contribution in [0.5, 0.6) is 5.75 Å². The van der Waals surface area contributed by atoms with E-state index in [9.17, 15) is 9.59 Å². The number of benzene rings is 2. The van der Waals surface area contributed by atoms with Crippen LogP contribution < -0.4 is 15.4 Å². The van der Waals surface area contributed by atoms with E-state index in [1.807, 2.05) is 64.1 Å². The number of aryl methyl sites for hydroxylation is 1. The van der Waals surface area contributed by atoms with Crippen molar-refractivity contribution in [3.05, 3.63) is 59.4 Å². The molecule has 0 unspecified atom stereocenters. The zero-order chi connectivity index (χ0) is 22.5. The molecule has 7 nitrogen and oxygen atoms in total. The zero-order valence-electron chi connectivity index (χ0n) is 18.7. The molecule has 3 aromatic rings. The van der Waals surface area contributed by atoms with Crippen LogP contribution in [-0.4, -0.2) is 34.9 Å². The Hall–Kier alpha value is -3.35. The van der Waals surface area contributed by atoms with Crippen molar-refractivity contribution in [3.8, 4) is 5.75 Å². The highest BCUT2D eigenvalue weighted by molar-refractivity contribution is 5.98. The van der Waals surface area contributed by atoms with Crippen LogP contribution in [0.1, 0.15) is 55.0 Å². The number of carbonyl (C=O) groups is 2. The van der Waals surface area contributed by atoms with Crippen LogP contribution in [0.4, 0.5) is 0 Å². The summed E-state index contributed by atoms with van der Waals surface area (Å²) in [5.74, 6) is 1.13. The van der Waals surface area contributed by atoms with Crippen molar-refractivity contribution in [2.75, 3.05) is 7.11 Å². The lowest BCUT2D eigenvalue weighted by molar-refractivity contribution is -0.124. The number of aromatic nitrogens is 2. The molecule has 7 heteroatoms. The van der Waals surface area contributed by atoms with E-state index < -0.39 is 6.04 Å². The second kappa shape index (κ2) is 9.64. The molecule has 1 aromatic heterocycles. The fourth-order valence-corrected chi connectivity index (χ4v) is 3.49. The van der Waals surface area contributed by atoms with E-state index in [0.29, 0.717) is 17.8 Å². The molecule has 0 saturated carbocycles. The molecule has 0 aliphatic carbocycles. The molecule has 0 aliphatic rings. The summed E-state index contributed by atoms with van der Waals surface area (Å²) in [5, 5.41) is 5.89. The Balaban J connectivity index is 1.74. The minimum absolute atomic E-state index is 0.235. The molecule has 0 bridgehead atoms. The normalized spacial score (nSPS) is 13.1. The van der Waals surface area contributed by atoms with Crippen molar-refractivity contribution >= 4 is 22.8 Å². The molecule has 0 spiro atoms. The number of methoxy groups -OCH3 is 1. The van der Waals surface area contributed by atoms with Crippen LogP contribution >= 0.6 is 0 Å². The van der Waals surface area contributed by atoms with Gasteiger partial charge in [-0.1, -0.05) is 32.0 Å². The van der Waals surface area contributed by atoms with Crippen molar-refractivity contribution < 1.29 is 14.3 Å². The average Bonchev–Trinajstić information content (AvgIpc) is 3.16. The number of hydrogen-bond donors (Lipinski definition) is 3. The number of nitrogens with one attached hydrogen (secondary N) is 3. The number of carbonyl (C=O) groups excluding carboxylic acids is 2. The van der Waals surface area contributed by atoms with Crippen LogP contribution in [0.15, 0.2) is 42.5 Å². The van der Waals surface area contributed by atoms with Gasteiger partial charge in [-0.3, -0.25) is 9.59 Å². The second-order valence-corrected chi connectivity index (χ2v) is 8.21. The van der Waals surface area contributed by atoms with Gasteiger partial charge in [0.1, 0.15) is 17.6 Å². The minimum atomic E-state index is -0.640. The molecular formula is C24H30N4O3. The first-order chi connectivity index (χ1) is 14.8. The maximum Gasteiger partial charge on any atom is 0.252 e. The standard InChI is InChI=1S/C24H30N4O3/c1-14(2)12-21(28-23(29)18-9-7-6-8-15(18)3)24(30)25-16(4)22-26-19-11-10-17(31-5)13-20(19)27-22/h6-11,13-14,16,21H,12H2,1-5H3,(H,25,30)(H,26,27)(H,28,29)/t16-,21-/m0/s1. The van der Waals surface area contributed by atoms with E-state index >= 15 is 0 Å². The second-order valence-electron chi connectivity index (χ2n) is 8.21. The van der Waals surface area contributed by atoms with Crippen LogP contribution in [0.2, 0.25) is 0 Å². The first-order valence-corrected chi connectivity index (χ1v) is 10.5. The van der Waals surface area contributed by atoms with Gasteiger partial charge in [-0.05, 0) is 49.9 Å². The summed E-state index contributed by atoms with van der Waals surface area (Å²) in [5.41, 5.74) is 3.07. The summed E-state index contributed by atoms with van der Waals surface area (Å²) in [6, 6.07) is 11.9. The molecule has 0 saturated heterocycles. The Kier molecular flexibility index (Phi) is 6.95. The summed E-state index contributed by atoms with van der Waals surface area (Å²) < 4.78 is 5.25. The van der Waals surface area contributed by atoms with Gasteiger partial charge in [-0.15, -0.1) is 0 Å². The Bertz CT molecular complexity index is 1070. The zero-order valence-corrected chi connectivity index (χ0v) is 18.7. The maximum absolute atomic E-state index is 13.0. The van der Waals surface area contributed by atoms with Gasteiger partial charge >= 0.3 is 0 Å². The molecule has 1 heterocycles. The van der Waals surface area contributed by atoms with E-state index in [1.165, 1.54) is 0 Å². The van der Waals surface area contributed by atoms with Crippen LogP contribution in [0.3, 0.4) is 0 Å². The smallest absolute Gasteiger partial charge is 0.252 e. The Labute approximate surface area is 182 Å². The van der Waals surface area contributed by atoms with E-state index in [0.717, 1.165) is 22.3 Å². The Morgan fingerprint density at radius 1 is 1.10 bits per heavy atom. The molecule has 164 valence electrons. The van der Waals surface area contributed by atoms with Gasteiger partial charge in [0.25, 0.3) is 5.91 Å². The van der Waals surface area contributed by atoms with Gasteiger partial charge in [0.2, 0.25) is 5.91 Å². The fourth-order valence-electron chi connectivity index (χ4n) is 3.49.